The van der Waals surface area contributed by atoms with Gasteiger partial charge in [0.25, 0.3) is 0 Å². The molecular formula is C12H23N2O2P. The van der Waals surface area contributed by atoms with E-state index in [1.54, 1.807) is 13.1 Å². The number of carbonyl (C=O) groups excluding carboxylic acids is 1. The van der Waals surface area contributed by atoms with Gasteiger partial charge in [0.15, 0.2) is 0 Å². The standard InChI is InChI=1S/C6H8N2O2.C6H15P/c1-2-10-6(9)5-7-3-4-8-5;1-2-3-4-5-6-7/h3-4H,2H2,1H3,(H,7,8);2-7H2,1H3. The van der Waals surface area contributed by atoms with E-state index in [1.165, 1.54) is 38.0 Å². The van der Waals surface area contributed by atoms with Gasteiger partial charge in [0.2, 0.25) is 5.82 Å². The topological polar surface area (TPSA) is 55.0 Å². The summed E-state index contributed by atoms with van der Waals surface area (Å²) in [6.07, 6.45) is 9.93. The Kier molecular flexibility index (Phi) is 11.0. The van der Waals surface area contributed by atoms with Crippen LogP contribution in [0.1, 0.15) is 50.1 Å². The Morgan fingerprint density at radius 2 is 2.18 bits per heavy atom. The summed E-state index contributed by atoms with van der Waals surface area (Å²) in [6.45, 7) is 4.36. The van der Waals surface area contributed by atoms with Crippen molar-refractivity contribution in [1.29, 1.82) is 0 Å². The lowest BCUT2D eigenvalue weighted by Gasteiger charge is -1.95. The van der Waals surface area contributed by atoms with Gasteiger partial charge in [0, 0.05) is 12.4 Å². The minimum atomic E-state index is -0.410. The van der Waals surface area contributed by atoms with E-state index in [-0.39, 0.29) is 5.82 Å². The first-order valence-corrected chi connectivity index (χ1v) is 6.94. The lowest BCUT2D eigenvalue weighted by atomic mass is 10.2. The molecule has 5 heteroatoms. The predicted molar refractivity (Wildman–Crippen MR) is 73.3 cm³/mol. The van der Waals surface area contributed by atoms with Crippen LogP contribution in [0.2, 0.25) is 0 Å². The molecule has 1 heterocycles. The van der Waals surface area contributed by atoms with Crippen LogP contribution in [0, 0.1) is 0 Å². The molecule has 0 aliphatic heterocycles. The van der Waals surface area contributed by atoms with Crippen molar-refractivity contribution in [2.45, 2.75) is 39.5 Å². The number of rotatable bonds is 6. The van der Waals surface area contributed by atoms with E-state index >= 15 is 0 Å². The summed E-state index contributed by atoms with van der Waals surface area (Å²) in [5.41, 5.74) is 0. The van der Waals surface area contributed by atoms with Gasteiger partial charge in [-0.15, -0.1) is 9.24 Å². The Morgan fingerprint density at radius 1 is 1.41 bits per heavy atom. The molecule has 1 atom stereocenters. The average molecular weight is 258 g/mol. The van der Waals surface area contributed by atoms with Gasteiger partial charge < -0.3 is 9.72 Å². The zero-order chi connectivity index (χ0) is 12.9. The number of aromatic nitrogens is 2. The maximum absolute atomic E-state index is 10.8. The van der Waals surface area contributed by atoms with E-state index in [2.05, 4.69) is 30.9 Å². The maximum atomic E-state index is 10.8. The highest BCUT2D eigenvalue weighted by Gasteiger charge is 2.06. The van der Waals surface area contributed by atoms with Crippen molar-refractivity contribution in [3.63, 3.8) is 0 Å². The molecule has 0 bridgehead atoms. The van der Waals surface area contributed by atoms with Crippen LogP contribution in [0.4, 0.5) is 0 Å². The quantitative estimate of drug-likeness (QED) is 0.485. The Labute approximate surface area is 106 Å². The van der Waals surface area contributed by atoms with Gasteiger partial charge in [-0.3, -0.25) is 0 Å². The van der Waals surface area contributed by atoms with E-state index < -0.39 is 5.97 Å². The van der Waals surface area contributed by atoms with Gasteiger partial charge in [-0.25, -0.2) is 9.78 Å². The highest BCUT2D eigenvalue weighted by atomic mass is 31.0. The largest absolute Gasteiger partial charge is 0.460 e. The fourth-order valence-electron chi connectivity index (χ4n) is 1.15. The summed E-state index contributed by atoms with van der Waals surface area (Å²) in [4.78, 5) is 17.1. The minimum Gasteiger partial charge on any atom is -0.460 e. The molecule has 1 rings (SSSR count). The fraction of sp³-hybridized carbons (Fsp3) is 0.667. The number of unbranched alkanes of at least 4 members (excludes halogenated alkanes) is 3. The first kappa shape index (κ1) is 16.1. The summed E-state index contributed by atoms with van der Waals surface area (Å²) in [5, 5.41) is 0. The summed E-state index contributed by atoms with van der Waals surface area (Å²) in [6, 6.07) is 0. The van der Waals surface area contributed by atoms with Gasteiger partial charge in [-0.05, 0) is 19.5 Å². The molecule has 0 saturated carbocycles. The molecule has 1 aromatic rings. The van der Waals surface area contributed by atoms with Crippen LogP contribution in [-0.2, 0) is 4.74 Å². The first-order valence-electron chi connectivity index (χ1n) is 6.12. The lowest BCUT2D eigenvalue weighted by Crippen LogP contribution is -2.06. The Morgan fingerprint density at radius 3 is 2.65 bits per heavy atom. The van der Waals surface area contributed by atoms with Gasteiger partial charge in [-0.1, -0.05) is 26.2 Å². The summed E-state index contributed by atoms with van der Waals surface area (Å²) in [5.74, 6) is -0.158. The number of ether oxygens (including phenoxy) is 1. The van der Waals surface area contributed by atoms with Crippen LogP contribution in [-0.4, -0.2) is 28.7 Å². The number of nitrogens with zero attached hydrogens (tertiary/aromatic N) is 1. The molecule has 0 fully saturated rings. The number of hydrogen-bond donors (Lipinski definition) is 1. The monoisotopic (exact) mass is 258 g/mol. The molecular weight excluding hydrogens is 235 g/mol. The average Bonchev–Trinajstić information content (AvgIpc) is 2.84. The molecule has 0 radical (unpaired) electrons. The second kappa shape index (κ2) is 11.6. The van der Waals surface area contributed by atoms with Gasteiger partial charge in [-0.2, -0.15) is 0 Å². The maximum Gasteiger partial charge on any atom is 0.374 e. The van der Waals surface area contributed by atoms with E-state index in [0.29, 0.717) is 6.61 Å². The minimum absolute atomic E-state index is 0.252. The third-order valence-corrected chi connectivity index (χ3v) is 2.43. The molecule has 98 valence electrons. The van der Waals surface area contributed by atoms with Crippen LogP contribution in [0.5, 0.6) is 0 Å². The van der Waals surface area contributed by atoms with Crippen molar-refractivity contribution in [2.24, 2.45) is 0 Å². The van der Waals surface area contributed by atoms with Crippen molar-refractivity contribution in [1.82, 2.24) is 9.97 Å². The molecule has 1 aromatic heterocycles. The van der Waals surface area contributed by atoms with E-state index in [1.807, 2.05) is 0 Å². The van der Waals surface area contributed by atoms with Crippen molar-refractivity contribution in [2.75, 3.05) is 12.8 Å². The highest BCUT2D eigenvalue weighted by Crippen LogP contribution is 2.00. The number of hydrogen-bond acceptors (Lipinski definition) is 3. The number of H-pyrrole nitrogens is 1. The first-order chi connectivity index (χ1) is 8.26. The van der Waals surface area contributed by atoms with Gasteiger partial charge in [0.1, 0.15) is 0 Å². The van der Waals surface area contributed by atoms with Crippen molar-refractivity contribution < 1.29 is 9.53 Å². The fourth-order valence-corrected chi connectivity index (χ4v) is 1.44. The number of esters is 1. The lowest BCUT2D eigenvalue weighted by molar-refractivity contribution is 0.0513. The van der Waals surface area contributed by atoms with E-state index in [4.69, 9.17) is 0 Å². The van der Waals surface area contributed by atoms with Crippen LogP contribution in [0.3, 0.4) is 0 Å². The molecule has 0 aromatic carbocycles. The summed E-state index contributed by atoms with van der Waals surface area (Å²) >= 11 is 0. The van der Waals surface area contributed by atoms with Crippen molar-refractivity contribution in [3.8, 4) is 0 Å². The van der Waals surface area contributed by atoms with Crippen LogP contribution < -0.4 is 0 Å². The number of carbonyl (C=O) groups is 1. The Hall–Kier alpha value is -0.890. The molecule has 0 spiro atoms. The molecule has 17 heavy (non-hydrogen) atoms. The van der Waals surface area contributed by atoms with E-state index in [9.17, 15) is 4.79 Å². The smallest absolute Gasteiger partial charge is 0.374 e. The molecule has 0 amide bonds. The van der Waals surface area contributed by atoms with Gasteiger partial charge >= 0.3 is 5.97 Å². The normalized spacial score (nSPS) is 9.35. The second-order valence-corrected chi connectivity index (χ2v) is 4.08. The summed E-state index contributed by atoms with van der Waals surface area (Å²) in [7, 11) is 2.75. The predicted octanol–water partition coefficient (Wildman–Crippen LogP) is 3.03. The Balaban J connectivity index is 0.000000325. The zero-order valence-corrected chi connectivity index (χ0v) is 11.9. The molecule has 4 nitrogen and oxygen atoms in total. The molecule has 0 aliphatic carbocycles. The van der Waals surface area contributed by atoms with Crippen molar-refractivity contribution >= 4 is 15.2 Å². The molecule has 0 aliphatic rings. The third kappa shape index (κ3) is 8.87. The van der Waals surface area contributed by atoms with Crippen LogP contribution in [0.25, 0.3) is 0 Å². The van der Waals surface area contributed by atoms with Crippen LogP contribution in [0.15, 0.2) is 12.4 Å². The summed E-state index contributed by atoms with van der Waals surface area (Å²) < 4.78 is 4.65. The second-order valence-electron chi connectivity index (χ2n) is 3.51. The van der Waals surface area contributed by atoms with Crippen molar-refractivity contribution in [3.05, 3.63) is 18.2 Å². The molecule has 1 N–H and O–H groups in total. The SMILES string of the molecule is CCCCCCP.CCOC(=O)c1ncc[nH]1. The highest BCUT2D eigenvalue weighted by molar-refractivity contribution is 7.16. The number of nitrogens with one attached hydrogen (secondary N) is 1. The number of aromatic amines is 1. The molecule has 1 unspecified atom stereocenters. The zero-order valence-electron chi connectivity index (χ0n) is 10.7. The Bertz CT molecular complexity index is 272. The molecule has 0 saturated heterocycles. The van der Waals surface area contributed by atoms with E-state index in [0.717, 1.165) is 0 Å². The van der Waals surface area contributed by atoms with Gasteiger partial charge in [0.05, 0.1) is 6.61 Å². The third-order valence-electron chi connectivity index (χ3n) is 2.02. The number of imidazole rings is 1. The van der Waals surface area contributed by atoms with Crippen LogP contribution >= 0.6 is 9.24 Å².